The normalized spacial score (nSPS) is 20.2. The zero-order valence-electron chi connectivity index (χ0n) is 14.1. The Morgan fingerprint density at radius 2 is 2.04 bits per heavy atom. The van der Waals surface area contributed by atoms with Gasteiger partial charge in [-0.2, -0.15) is 5.26 Å². The minimum atomic E-state index is -0.389. The summed E-state index contributed by atoms with van der Waals surface area (Å²) in [4.78, 5) is 12.6. The predicted molar refractivity (Wildman–Crippen MR) is 89.6 cm³/mol. The summed E-state index contributed by atoms with van der Waals surface area (Å²) in [6, 6.07) is 7.78. The van der Waals surface area contributed by atoms with Crippen molar-refractivity contribution in [2.24, 2.45) is 0 Å². The van der Waals surface area contributed by atoms with Crippen molar-refractivity contribution in [2.45, 2.75) is 32.1 Å². The quantitative estimate of drug-likeness (QED) is 0.924. The maximum absolute atomic E-state index is 12.6. The van der Waals surface area contributed by atoms with E-state index in [0.29, 0.717) is 29.1 Å². The van der Waals surface area contributed by atoms with Gasteiger partial charge < -0.3 is 14.8 Å². The SMILES string of the molecule is COc1ccc([C@@H]2C(C#N)=C(C)NC3=C2C(=O)CCC3)c(OC)c1. The first-order valence-electron chi connectivity index (χ1n) is 7.96. The molecule has 5 nitrogen and oxygen atoms in total. The van der Waals surface area contributed by atoms with Crippen LogP contribution in [0.5, 0.6) is 11.5 Å². The number of benzene rings is 1. The lowest BCUT2D eigenvalue weighted by molar-refractivity contribution is -0.116. The first kappa shape index (κ1) is 16.1. The van der Waals surface area contributed by atoms with E-state index < -0.39 is 0 Å². The van der Waals surface area contributed by atoms with Gasteiger partial charge in [-0.25, -0.2) is 0 Å². The van der Waals surface area contributed by atoms with Crippen LogP contribution in [0.4, 0.5) is 0 Å². The molecule has 0 saturated heterocycles. The molecule has 0 unspecified atom stereocenters. The van der Waals surface area contributed by atoms with Crippen LogP contribution in [0.15, 0.2) is 40.7 Å². The Bertz CT molecular complexity index is 799. The van der Waals surface area contributed by atoms with Crippen LogP contribution < -0.4 is 14.8 Å². The molecule has 0 bridgehead atoms. The molecule has 1 heterocycles. The second-order valence-electron chi connectivity index (χ2n) is 5.99. The number of nitriles is 1. The van der Waals surface area contributed by atoms with Gasteiger partial charge in [0, 0.05) is 35.0 Å². The first-order valence-corrected chi connectivity index (χ1v) is 7.96. The molecule has 1 aliphatic carbocycles. The Hall–Kier alpha value is -2.74. The highest BCUT2D eigenvalue weighted by Crippen LogP contribution is 2.45. The largest absolute Gasteiger partial charge is 0.497 e. The van der Waals surface area contributed by atoms with E-state index >= 15 is 0 Å². The van der Waals surface area contributed by atoms with Gasteiger partial charge in [0.2, 0.25) is 0 Å². The molecule has 1 aliphatic heterocycles. The van der Waals surface area contributed by atoms with Gasteiger partial charge in [-0.3, -0.25) is 4.79 Å². The maximum Gasteiger partial charge on any atom is 0.161 e. The Morgan fingerprint density at radius 1 is 1.25 bits per heavy atom. The number of nitrogens with zero attached hydrogens (tertiary/aromatic N) is 1. The van der Waals surface area contributed by atoms with Crippen LogP contribution in [0, 0.1) is 11.3 Å². The van der Waals surface area contributed by atoms with E-state index in [2.05, 4.69) is 11.4 Å². The molecule has 24 heavy (non-hydrogen) atoms. The van der Waals surface area contributed by atoms with E-state index in [4.69, 9.17) is 9.47 Å². The van der Waals surface area contributed by atoms with Gasteiger partial charge in [-0.15, -0.1) is 0 Å². The molecule has 0 amide bonds. The molecule has 1 aromatic rings. The van der Waals surface area contributed by atoms with Crippen LogP contribution in [-0.2, 0) is 4.79 Å². The van der Waals surface area contributed by atoms with E-state index in [1.807, 2.05) is 19.1 Å². The number of carbonyl (C=O) groups excluding carboxylic acids is 1. The third-order valence-corrected chi connectivity index (χ3v) is 4.65. The van der Waals surface area contributed by atoms with Gasteiger partial charge in [0.25, 0.3) is 0 Å². The van der Waals surface area contributed by atoms with Crippen LogP contribution in [0.2, 0.25) is 0 Å². The average Bonchev–Trinajstić information content (AvgIpc) is 2.60. The van der Waals surface area contributed by atoms with Crippen molar-refractivity contribution >= 4 is 5.78 Å². The van der Waals surface area contributed by atoms with Gasteiger partial charge in [-0.05, 0) is 25.8 Å². The van der Waals surface area contributed by atoms with Gasteiger partial charge in [0.05, 0.1) is 31.8 Å². The van der Waals surface area contributed by atoms with Gasteiger partial charge in [0.15, 0.2) is 5.78 Å². The fraction of sp³-hybridized carbons (Fsp3) is 0.368. The highest BCUT2D eigenvalue weighted by Gasteiger charge is 2.37. The second kappa shape index (κ2) is 6.40. The lowest BCUT2D eigenvalue weighted by atomic mass is 9.75. The van der Waals surface area contributed by atoms with Gasteiger partial charge in [0.1, 0.15) is 11.5 Å². The van der Waals surface area contributed by atoms with Crippen LogP contribution in [0.25, 0.3) is 0 Å². The Balaban J connectivity index is 2.21. The zero-order valence-corrected chi connectivity index (χ0v) is 14.1. The van der Waals surface area contributed by atoms with E-state index in [9.17, 15) is 10.1 Å². The van der Waals surface area contributed by atoms with Crippen LogP contribution in [0.1, 0.15) is 37.7 Å². The summed E-state index contributed by atoms with van der Waals surface area (Å²) in [5.41, 5.74) is 3.82. The monoisotopic (exact) mass is 324 g/mol. The smallest absolute Gasteiger partial charge is 0.161 e. The summed E-state index contributed by atoms with van der Waals surface area (Å²) in [6.45, 7) is 1.88. The fourth-order valence-corrected chi connectivity index (χ4v) is 3.50. The predicted octanol–water partition coefficient (Wildman–Crippen LogP) is 3.20. The molecule has 0 aromatic heterocycles. The number of carbonyl (C=O) groups is 1. The Labute approximate surface area is 141 Å². The number of allylic oxidation sites excluding steroid dienone is 4. The van der Waals surface area contributed by atoms with Crippen molar-refractivity contribution in [3.8, 4) is 17.6 Å². The first-order chi connectivity index (χ1) is 11.6. The summed E-state index contributed by atoms with van der Waals surface area (Å²) in [7, 11) is 3.18. The van der Waals surface area contributed by atoms with E-state index in [1.54, 1.807) is 20.3 Å². The summed E-state index contributed by atoms with van der Waals surface area (Å²) in [5, 5.41) is 12.9. The van der Waals surface area contributed by atoms with Crippen molar-refractivity contribution in [3.05, 3.63) is 46.3 Å². The molecule has 0 spiro atoms. The number of Topliss-reactive ketones (excluding diaryl/α,β-unsaturated/α-hetero) is 1. The average molecular weight is 324 g/mol. The molecular weight excluding hydrogens is 304 g/mol. The number of ketones is 1. The van der Waals surface area contributed by atoms with Crippen molar-refractivity contribution in [1.82, 2.24) is 5.32 Å². The van der Waals surface area contributed by atoms with E-state index in [0.717, 1.165) is 29.8 Å². The number of rotatable bonds is 3. The van der Waals surface area contributed by atoms with Gasteiger partial charge in [-0.1, -0.05) is 6.07 Å². The number of methoxy groups -OCH3 is 2. The molecule has 0 radical (unpaired) electrons. The number of hydrogen-bond donors (Lipinski definition) is 1. The molecule has 0 saturated carbocycles. The lowest BCUT2D eigenvalue weighted by Gasteiger charge is -2.33. The number of dihydropyridines is 1. The fourth-order valence-electron chi connectivity index (χ4n) is 3.50. The maximum atomic E-state index is 12.6. The van der Waals surface area contributed by atoms with Crippen molar-refractivity contribution in [1.29, 1.82) is 5.26 Å². The highest BCUT2D eigenvalue weighted by molar-refractivity contribution is 6.00. The Morgan fingerprint density at radius 3 is 2.71 bits per heavy atom. The van der Waals surface area contributed by atoms with Crippen LogP contribution in [0.3, 0.4) is 0 Å². The number of ether oxygens (including phenoxy) is 2. The van der Waals surface area contributed by atoms with Gasteiger partial charge >= 0.3 is 0 Å². The summed E-state index contributed by atoms with van der Waals surface area (Å²) >= 11 is 0. The zero-order chi connectivity index (χ0) is 17.3. The van der Waals surface area contributed by atoms with Crippen LogP contribution >= 0.6 is 0 Å². The number of nitrogens with one attached hydrogen (secondary N) is 1. The van der Waals surface area contributed by atoms with Crippen molar-refractivity contribution in [2.75, 3.05) is 14.2 Å². The second-order valence-corrected chi connectivity index (χ2v) is 5.99. The summed E-state index contributed by atoms with van der Waals surface area (Å²) in [6.07, 6.45) is 2.19. The molecule has 1 aromatic carbocycles. The molecule has 3 rings (SSSR count). The molecule has 5 heteroatoms. The topological polar surface area (TPSA) is 71.3 Å². The standard InChI is InChI=1S/C19H20N2O3/c1-11-14(10-20)18(19-15(21-11)5-4-6-16(19)22)13-8-7-12(23-2)9-17(13)24-3/h7-9,18,21H,4-6H2,1-3H3/t18-/m1/s1. The van der Waals surface area contributed by atoms with E-state index in [1.165, 1.54) is 0 Å². The molecule has 0 fully saturated rings. The third kappa shape index (κ3) is 2.54. The summed E-state index contributed by atoms with van der Waals surface area (Å²) in [5.74, 6) is 1.01. The minimum Gasteiger partial charge on any atom is -0.497 e. The molecule has 124 valence electrons. The van der Waals surface area contributed by atoms with E-state index in [-0.39, 0.29) is 11.7 Å². The lowest BCUT2D eigenvalue weighted by Crippen LogP contribution is -2.31. The third-order valence-electron chi connectivity index (χ3n) is 4.65. The highest BCUT2D eigenvalue weighted by atomic mass is 16.5. The molecule has 1 atom stereocenters. The molecule has 1 N–H and O–H groups in total. The molecular formula is C19H20N2O3. The Kier molecular flexibility index (Phi) is 4.30. The minimum absolute atomic E-state index is 0.104. The van der Waals surface area contributed by atoms with Crippen LogP contribution in [-0.4, -0.2) is 20.0 Å². The summed E-state index contributed by atoms with van der Waals surface area (Å²) < 4.78 is 10.8. The molecule has 2 aliphatic rings. The number of hydrogen-bond acceptors (Lipinski definition) is 5. The van der Waals surface area contributed by atoms with Crippen molar-refractivity contribution < 1.29 is 14.3 Å². The van der Waals surface area contributed by atoms with Crippen molar-refractivity contribution in [3.63, 3.8) is 0 Å².